The molecule has 4 heteroatoms. The van der Waals surface area contributed by atoms with Gasteiger partial charge in [-0.2, -0.15) is 0 Å². The van der Waals surface area contributed by atoms with Gasteiger partial charge in [0, 0.05) is 15.9 Å². The number of rotatable bonds is 5. The first-order valence-corrected chi connectivity index (χ1v) is 8.77. The van der Waals surface area contributed by atoms with Crippen molar-refractivity contribution in [2.24, 2.45) is 0 Å². The van der Waals surface area contributed by atoms with Crippen molar-refractivity contribution in [1.82, 2.24) is 10.3 Å². The minimum absolute atomic E-state index is 0.230. The van der Waals surface area contributed by atoms with Crippen LogP contribution >= 0.6 is 27.3 Å². The zero-order chi connectivity index (χ0) is 14.1. The molecule has 1 aliphatic rings. The van der Waals surface area contributed by atoms with Crippen LogP contribution in [0.3, 0.4) is 0 Å². The van der Waals surface area contributed by atoms with Crippen LogP contribution in [0.1, 0.15) is 54.9 Å². The maximum atomic E-state index is 4.83. The third-order valence-electron chi connectivity index (χ3n) is 3.56. The summed E-state index contributed by atoms with van der Waals surface area (Å²) in [4.78, 5) is 4.83. The minimum Gasteiger partial charge on any atom is -0.301 e. The topological polar surface area (TPSA) is 24.9 Å². The first-order chi connectivity index (χ1) is 9.63. The second kappa shape index (κ2) is 5.96. The average Bonchev–Trinajstić information content (AvgIpc) is 3.11. The van der Waals surface area contributed by atoms with Gasteiger partial charge in [-0.25, -0.2) is 4.98 Å². The number of hydrogen-bond acceptors (Lipinski definition) is 3. The van der Waals surface area contributed by atoms with Gasteiger partial charge >= 0.3 is 0 Å². The molecule has 106 valence electrons. The summed E-state index contributed by atoms with van der Waals surface area (Å²) in [5, 5.41) is 7.11. The molecule has 1 unspecified atom stereocenters. The largest absolute Gasteiger partial charge is 0.301 e. The molecular weight excluding hydrogens is 332 g/mol. The van der Waals surface area contributed by atoms with Crippen molar-refractivity contribution >= 4 is 27.3 Å². The Bertz CT molecular complexity index is 572. The van der Waals surface area contributed by atoms with Crippen LogP contribution in [0.2, 0.25) is 0 Å². The van der Waals surface area contributed by atoms with E-state index in [9.17, 15) is 0 Å². The van der Waals surface area contributed by atoms with Gasteiger partial charge in [-0.1, -0.05) is 41.9 Å². The fourth-order valence-electron chi connectivity index (χ4n) is 2.15. The summed E-state index contributed by atoms with van der Waals surface area (Å²) in [6.07, 6.45) is 2.57. The Morgan fingerprint density at radius 3 is 2.50 bits per heavy atom. The lowest BCUT2D eigenvalue weighted by molar-refractivity contribution is 0.595. The molecule has 1 saturated carbocycles. The molecule has 1 heterocycles. The van der Waals surface area contributed by atoms with Crippen molar-refractivity contribution in [3.8, 4) is 0 Å². The molecule has 0 radical (unpaired) electrons. The van der Waals surface area contributed by atoms with Gasteiger partial charge in [0.05, 0.1) is 11.7 Å². The molecule has 0 saturated heterocycles. The van der Waals surface area contributed by atoms with Crippen LogP contribution < -0.4 is 5.32 Å². The van der Waals surface area contributed by atoms with E-state index in [4.69, 9.17) is 4.98 Å². The summed E-state index contributed by atoms with van der Waals surface area (Å²) in [6.45, 7) is 4.39. The first kappa shape index (κ1) is 14.2. The maximum Gasteiger partial charge on any atom is 0.114 e. The average molecular weight is 351 g/mol. The molecule has 3 rings (SSSR count). The second-order valence-corrected chi connectivity index (χ2v) is 7.50. The Kier molecular flexibility index (Phi) is 4.24. The zero-order valence-corrected chi connectivity index (χ0v) is 14.2. The van der Waals surface area contributed by atoms with Gasteiger partial charge in [0.2, 0.25) is 0 Å². The van der Waals surface area contributed by atoms with Crippen LogP contribution in [-0.4, -0.2) is 11.0 Å². The van der Waals surface area contributed by atoms with Gasteiger partial charge in [-0.05, 0) is 36.5 Å². The van der Waals surface area contributed by atoms with E-state index in [0.717, 1.165) is 4.47 Å². The SMILES string of the molecule is CC(C)c1csc(C(NC2CC2)c2ccc(Br)cc2)n1. The van der Waals surface area contributed by atoms with Crippen LogP contribution in [0.5, 0.6) is 0 Å². The Balaban J connectivity index is 1.89. The summed E-state index contributed by atoms with van der Waals surface area (Å²) >= 11 is 5.27. The van der Waals surface area contributed by atoms with Crippen molar-refractivity contribution in [3.63, 3.8) is 0 Å². The van der Waals surface area contributed by atoms with Crippen molar-refractivity contribution in [1.29, 1.82) is 0 Å². The van der Waals surface area contributed by atoms with Crippen LogP contribution in [0.4, 0.5) is 0 Å². The third-order valence-corrected chi connectivity index (χ3v) is 5.02. The highest BCUT2D eigenvalue weighted by Crippen LogP contribution is 2.32. The third kappa shape index (κ3) is 3.30. The van der Waals surface area contributed by atoms with Gasteiger partial charge in [0.15, 0.2) is 0 Å². The molecule has 1 N–H and O–H groups in total. The second-order valence-electron chi connectivity index (χ2n) is 5.69. The monoisotopic (exact) mass is 350 g/mol. The lowest BCUT2D eigenvalue weighted by Gasteiger charge is -2.17. The number of nitrogens with one attached hydrogen (secondary N) is 1. The molecule has 0 aliphatic heterocycles. The van der Waals surface area contributed by atoms with E-state index in [0.29, 0.717) is 12.0 Å². The highest BCUT2D eigenvalue weighted by Gasteiger charge is 2.28. The van der Waals surface area contributed by atoms with Crippen LogP contribution in [0.25, 0.3) is 0 Å². The van der Waals surface area contributed by atoms with Gasteiger partial charge in [0.1, 0.15) is 5.01 Å². The lowest BCUT2D eigenvalue weighted by Crippen LogP contribution is -2.24. The molecule has 1 aromatic heterocycles. The number of hydrogen-bond donors (Lipinski definition) is 1. The highest BCUT2D eigenvalue weighted by atomic mass is 79.9. The predicted octanol–water partition coefficient (Wildman–Crippen LogP) is 4.87. The summed E-state index contributed by atoms with van der Waals surface area (Å²) in [7, 11) is 0. The van der Waals surface area contributed by atoms with Crippen molar-refractivity contribution in [2.75, 3.05) is 0 Å². The van der Waals surface area contributed by atoms with Crippen LogP contribution in [-0.2, 0) is 0 Å². The van der Waals surface area contributed by atoms with Gasteiger partial charge in [0.25, 0.3) is 0 Å². The molecule has 1 fully saturated rings. The maximum absolute atomic E-state index is 4.83. The molecule has 0 amide bonds. The summed E-state index contributed by atoms with van der Waals surface area (Å²) in [6, 6.07) is 9.46. The van der Waals surface area contributed by atoms with Crippen molar-refractivity contribution in [3.05, 3.63) is 50.4 Å². The number of benzene rings is 1. The van der Waals surface area contributed by atoms with E-state index in [1.165, 1.54) is 29.1 Å². The summed E-state index contributed by atoms with van der Waals surface area (Å²) in [5.41, 5.74) is 2.49. The fourth-order valence-corrected chi connectivity index (χ4v) is 3.48. The molecule has 1 atom stereocenters. The van der Waals surface area contributed by atoms with Crippen LogP contribution in [0, 0.1) is 0 Å². The number of aromatic nitrogens is 1. The normalized spacial score (nSPS) is 16.6. The van der Waals surface area contributed by atoms with Gasteiger partial charge in [-0.15, -0.1) is 11.3 Å². The number of thiazole rings is 1. The summed E-state index contributed by atoms with van der Waals surface area (Å²) < 4.78 is 1.12. The first-order valence-electron chi connectivity index (χ1n) is 7.10. The van der Waals surface area contributed by atoms with E-state index in [1.807, 2.05) is 0 Å². The Morgan fingerprint density at radius 2 is 1.95 bits per heavy atom. The molecule has 2 aromatic rings. The molecular formula is C16H19BrN2S. The molecule has 0 bridgehead atoms. The lowest BCUT2D eigenvalue weighted by atomic mass is 10.1. The summed E-state index contributed by atoms with van der Waals surface area (Å²) in [5.74, 6) is 0.492. The van der Waals surface area contributed by atoms with E-state index >= 15 is 0 Å². The van der Waals surface area contributed by atoms with E-state index in [-0.39, 0.29) is 6.04 Å². The molecule has 20 heavy (non-hydrogen) atoms. The molecule has 0 spiro atoms. The fraction of sp³-hybridized carbons (Fsp3) is 0.438. The highest BCUT2D eigenvalue weighted by molar-refractivity contribution is 9.10. The van der Waals surface area contributed by atoms with Gasteiger partial charge < -0.3 is 5.32 Å². The van der Waals surface area contributed by atoms with Gasteiger partial charge in [-0.3, -0.25) is 0 Å². The number of nitrogens with zero attached hydrogens (tertiary/aromatic N) is 1. The van der Waals surface area contributed by atoms with E-state index < -0.39 is 0 Å². The molecule has 2 nitrogen and oxygen atoms in total. The Morgan fingerprint density at radius 1 is 1.25 bits per heavy atom. The number of halogens is 1. The van der Waals surface area contributed by atoms with E-state index in [2.05, 4.69) is 64.7 Å². The smallest absolute Gasteiger partial charge is 0.114 e. The van der Waals surface area contributed by atoms with Crippen molar-refractivity contribution < 1.29 is 0 Å². The standard InChI is InChI=1S/C16H19BrN2S/c1-10(2)14-9-20-16(19-14)15(18-13-7-8-13)11-3-5-12(17)6-4-11/h3-6,9-10,13,15,18H,7-8H2,1-2H3. The quantitative estimate of drug-likeness (QED) is 0.831. The molecule has 1 aromatic carbocycles. The predicted molar refractivity (Wildman–Crippen MR) is 88.3 cm³/mol. The van der Waals surface area contributed by atoms with E-state index in [1.54, 1.807) is 11.3 Å². The molecule has 1 aliphatic carbocycles. The Hall–Kier alpha value is -0.710. The zero-order valence-electron chi connectivity index (χ0n) is 11.8. The van der Waals surface area contributed by atoms with Crippen molar-refractivity contribution in [2.45, 2.75) is 44.7 Å². The van der Waals surface area contributed by atoms with Crippen LogP contribution in [0.15, 0.2) is 34.1 Å². The minimum atomic E-state index is 0.230. The Labute approximate surface area is 132 Å².